The molecular weight excluding hydrogens is 295 g/mol. The Morgan fingerprint density at radius 3 is 2.23 bits per heavy atom. The molecule has 0 N–H and O–H groups in total. The Morgan fingerprint density at radius 1 is 1.23 bits per heavy atom. The molecule has 0 aliphatic heterocycles. The second-order valence-electron chi connectivity index (χ2n) is 2.79. The molecule has 0 unspecified atom stereocenters. The van der Waals surface area contributed by atoms with Crippen molar-refractivity contribution in [1.82, 2.24) is 0 Å². The van der Waals surface area contributed by atoms with Crippen molar-refractivity contribution in [2.45, 2.75) is 0 Å². The van der Waals surface area contributed by atoms with E-state index >= 15 is 0 Å². The van der Waals surface area contributed by atoms with E-state index in [2.05, 4.69) is 35.1 Å². The Bertz CT molecular complexity index is 339. The fourth-order valence-corrected chi connectivity index (χ4v) is 1.69. The summed E-state index contributed by atoms with van der Waals surface area (Å²) >= 11 is 2.14. The summed E-state index contributed by atoms with van der Waals surface area (Å²) in [5.74, 6) is 0.162. The number of carbonyl (C=O) groups is 1. The molecule has 0 atom stereocenters. The first kappa shape index (κ1) is 10.9. The maximum Gasteiger partial charge on any atom is 0.204 e. The quantitative estimate of drug-likeness (QED) is 0.355. The Kier molecular flexibility index (Phi) is 4.12. The zero-order chi connectivity index (χ0) is 9.84. The molecule has 1 aromatic carbocycles. The molecule has 0 radical (unpaired) electrons. The van der Waals surface area contributed by atoms with Gasteiger partial charge in [0.25, 0.3) is 0 Å². The molecule has 0 saturated carbocycles. The second kappa shape index (κ2) is 4.91. The summed E-state index contributed by atoms with van der Waals surface area (Å²) in [4.78, 5) is 11.7. The number of hydrogen-bond donors (Lipinski definition) is 0. The van der Waals surface area contributed by atoms with Crippen molar-refractivity contribution in [3.05, 3.63) is 35.9 Å². The van der Waals surface area contributed by atoms with Crippen LogP contribution in [0.1, 0.15) is 10.4 Å². The second-order valence-corrected chi connectivity index (χ2v) is 6.64. The van der Waals surface area contributed by atoms with Crippen LogP contribution in [0.4, 0.5) is 0 Å². The zero-order valence-electron chi connectivity index (χ0n) is 7.58. The van der Waals surface area contributed by atoms with Gasteiger partial charge >= 0.3 is 0 Å². The van der Waals surface area contributed by atoms with Gasteiger partial charge in [0.2, 0.25) is 5.78 Å². The smallest absolute Gasteiger partial charge is 0.204 e. The van der Waals surface area contributed by atoms with Gasteiger partial charge in [-0.05, 0) is 35.1 Å². The number of carbonyl (C=O) groups excluding carboxylic acids is 1. The van der Waals surface area contributed by atoms with Crippen LogP contribution < -0.4 is 0 Å². The van der Waals surface area contributed by atoms with Gasteiger partial charge in [0.1, 0.15) is 0 Å². The molecule has 0 fully saturated rings. The number of benzene rings is 1. The first-order valence-corrected chi connectivity index (χ1v) is 6.94. The van der Waals surface area contributed by atoms with Crippen LogP contribution in [0.15, 0.2) is 30.3 Å². The molecule has 0 aliphatic carbocycles. The fourth-order valence-electron chi connectivity index (χ4n) is 0.888. The lowest BCUT2D eigenvalue weighted by atomic mass is 10.2. The summed E-state index contributed by atoms with van der Waals surface area (Å²) in [5, 5.41) is 0. The highest BCUT2D eigenvalue weighted by Gasteiger charge is 2.09. The maximum atomic E-state index is 11.7. The summed E-state index contributed by atoms with van der Waals surface area (Å²) in [6.07, 6.45) is 4.12. The fraction of sp³-hybridized carbons (Fsp3) is 0.200. The van der Waals surface area contributed by atoms with Gasteiger partial charge in [-0.1, -0.05) is 30.3 Å². The topological polar surface area (TPSA) is 17.1 Å². The SMILES string of the molecule is CS(C)=C(I)C(=O)c1ccccc1. The lowest BCUT2D eigenvalue weighted by molar-refractivity contribution is 0.107. The minimum atomic E-state index is 0.0629. The molecule has 1 nitrogen and oxygen atoms in total. The third-order valence-electron chi connectivity index (χ3n) is 1.57. The average molecular weight is 306 g/mol. The molecule has 1 rings (SSSR count). The highest BCUT2D eigenvalue weighted by Crippen LogP contribution is 2.14. The van der Waals surface area contributed by atoms with E-state index in [0.29, 0.717) is 0 Å². The predicted octanol–water partition coefficient (Wildman–Crippen LogP) is 2.96. The van der Waals surface area contributed by atoms with Crippen LogP contribution in [-0.2, 0) is 0 Å². The molecule has 1 aromatic rings. The number of hydrogen-bond acceptors (Lipinski definition) is 1. The van der Waals surface area contributed by atoms with E-state index < -0.39 is 0 Å². The molecule has 70 valence electrons. The van der Waals surface area contributed by atoms with Gasteiger partial charge in [-0.3, -0.25) is 4.79 Å². The predicted molar refractivity (Wildman–Crippen MR) is 69.2 cm³/mol. The van der Waals surface area contributed by atoms with Crippen LogP contribution in [0.25, 0.3) is 0 Å². The van der Waals surface area contributed by atoms with Crippen molar-refractivity contribution < 1.29 is 4.79 Å². The molecule has 0 heterocycles. The van der Waals surface area contributed by atoms with E-state index in [0.717, 1.165) is 8.43 Å². The lowest BCUT2D eigenvalue weighted by Crippen LogP contribution is -2.06. The number of rotatable bonds is 2. The molecule has 0 aromatic heterocycles. The van der Waals surface area contributed by atoms with E-state index in [1.807, 2.05) is 30.3 Å². The van der Waals surface area contributed by atoms with E-state index in [4.69, 9.17) is 0 Å². The van der Waals surface area contributed by atoms with Gasteiger partial charge in [-0.15, -0.1) is 0 Å². The van der Waals surface area contributed by atoms with Crippen molar-refractivity contribution in [3.63, 3.8) is 0 Å². The molecule has 0 spiro atoms. The van der Waals surface area contributed by atoms with E-state index in [1.54, 1.807) is 0 Å². The Labute approximate surface area is 94.6 Å². The third kappa shape index (κ3) is 2.91. The van der Waals surface area contributed by atoms with Crippen molar-refractivity contribution >= 4 is 41.7 Å². The summed E-state index contributed by atoms with van der Waals surface area (Å²) in [6.45, 7) is 0. The molecule has 0 saturated heterocycles. The molecule has 3 heteroatoms. The minimum absolute atomic E-state index is 0.0629. The van der Waals surface area contributed by atoms with Crippen molar-refractivity contribution in [2.24, 2.45) is 0 Å². The van der Waals surface area contributed by atoms with E-state index in [9.17, 15) is 4.79 Å². The van der Waals surface area contributed by atoms with Crippen LogP contribution in [0.2, 0.25) is 0 Å². The Balaban J connectivity index is 3.00. The summed E-state index contributed by atoms with van der Waals surface area (Å²) in [6, 6.07) is 9.41. The number of Topliss-reactive ketones (excluding diaryl/α,β-unsaturated/α-hetero) is 1. The molecule has 0 bridgehead atoms. The van der Waals surface area contributed by atoms with Crippen LogP contribution in [-0.4, -0.2) is 21.2 Å². The molecule has 13 heavy (non-hydrogen) atoms. The van der Waals surface area contributed by atoms with Gasteiger partial charge in [-0.2, -0.15) is 10.5 Å². The van der Waals surface area contributed by atoms with Crippen LogP contribution in [0.5, 0.6) is 0 Å². The molecular formula is C10H11IOS. The number of halogens is 1. The first-order chi connectivity index (χ1) is 6.13. The Hall–Kier alpha value is -0.160. The monoisotopic (exact) mass is 306 g/mol. The normalized spacial score (nSPS) is 10.2. The third-order valence-corrected chi connectivity index (χ3v) is 5.61. The van der Waals surface area contributed by atoms with Crippen molar-refractivity contribution in [3.8, 4) is 0 Å². The van der Waals surface area contributed by atoms with Crippen LogP contribution in [0.3, 0.4) is 0 Å². The maximum absolute atomic E-state index is 11.7. The first-order valence-electron chi connectivity index (χ1n) is 3.82. The average Bonchev–Trinajstić information content (AvgIpc) is 2.17. The highest BCUT2D eigenvalue weighted by atomic mass is 127. The van der Waals surface area contributed by atoms with E-state index in [1.165, 1.54) is 0 Å². The largest absolute Gasteiger partial charge is 0.288 e. The zero-order valence-corrected chi connectivity index (χ0v) is 10.6. The summed E-state index contributed by atoms with van der Waals surface area (Å²) < 4.78 is 0.920. The Morgan fingerprint density at radius 2 is 1.77 bits per heavy atom. The molecule has 0 amide bonds. The highest BCUT2D eigenvalue weighted by molar-refractivity contribution is 14.1. The van der Waals surface area contributed by atoms with Gasteiger partial charge < -0.3 is 0 Å². The standard InChI is InChI=1S/C10H11IOS/c1-13(2)10(11)9(12)8-6-4-3-5-7-8/h3-7H,1-2H3. The van der Waals surface area contributed by atoms with Gasteiger partial charge in [0.05, 0.1) is 2.87 Å². The lowest BCUT2D eigenvalue weighted by Gasteiger charge is -2.01. The van der Waals surface area contributed by atoms with Gasteiger partial charge in [0, 0.05) is 5.56 Å². The number of ketones is 1. The van der Waals surface area contributed by atoms with Crippen LogP contribution in [0, 0.1) is 0 Å². The summed E-state index contributed by atoms with van der Waals surface area (Å²) in [5.41, 5.74) is 0.785. The molecule has 0 aliphatic rings. The van der Waals surface area contributed by atoms with Crippen LogP contribution >= 0.6 is 33.1 Å². The van der Waals surface area contributed by atoms with Gasteiger partial charge in [0.15, 0.2) is 0 Å². The minimum Gasteiger partial charge on any atom is -0.288 e. The van der Waals surface area contributed by atoms with Crippen molar-refractivity contribution in [1.29, 1.82) is 0 Å². The van der Waals surface area contributed by atoms with Crippen molar-refractivity contribution in [2.75, 3.05) is 12.5 Å². The van der Waals surface area contributed by atoms with Gasteiger partial charge in [-0.25, -0.2) is 0 Å². The van der Waals surface area contributed by atoms with E-state index in [-0.39, 0.29) is 16.3 Å². The summed E-state index contributed by atoms with van der Waals surface area (Å²) in [7, 11) is 0.0629.